The molecule has 6 nitrogen and oxygen atoms in total. The molecule has 0 bridgehead atoms. The first-order valence-electron chi connectivity index (χ1n) is 13.5. The summed E-state index contributed by atoms with van der Waals surface area (Å²) in [5, 5.41) is 8.85. The van der Waals surface area contributed by atoms with Gasteiger partial charge in [-0.2, -0.15) is 0 Å². The second-order valence-corrected chi connectivity index (χ2v) is 11.5. The monoisotopic (exact) mass is 464 g/mol. The maximum Gasteiger partial charge on any atom is 0.407 e. The van der Waals surface area contributed by atoms with Crippen LogP contribution >= 0.6 is 0 Å². The highest BCUT2D eigenvalue weighted by Crippen LogP contribution is 2.58. The quantitative estimate of drug-likeness (QED) is 0.426. The molecule has 4 atom stereocenters. The van der Waals surface area contributed by atoms with Gasteiger partial charge in [-0.25, -0.2) is 4.79 Å². The number of ether oxygens (including phenoxy) is 2. The first-order chi connectivity index (χ1) is 15.8. The van der Waals surface area contributed by atoms with Crippen LogP contribution in [0, 0.1) is 11.8 Å². The molecule has 1 unspecified atom stereocenters. The summed E-state index contributed by atoms with van der Waals surface area (Å²) >= 11 is 0. The number of nitrogens with zero attached hydrogens (tertiary/aromatic N) is 2. The summed E-state index contributed by atoms with van der Waals surface area (Å²) in [4.78, 5) is 14.7. The van der Waals surface area contributed by atoms with Crippen molar-refractivity contribution in [1.82, 2.24) is 9.80 Å². The topological polar surface area (TPSA) is 68.8 Å². The van der Waals surface area contributed by atoms with Crippen molar-refractivity contribution in [3.05, 3.63) is 11.6 Å². The highest BCUT2D eigenvalue weighted by molar-refractivity contribution is 5.65. The number of carboxylic acid groups (broad SMARTS) is 1. The first-order valence-corrected chi connectivity index (χ1v) is 13.5. The lowest BCUT2D eigenvalue weighted by Gasteiger charge is -2.36. The molecule has 0 aromatic rings. The zero-order valence-electron chi connectivity index (χ0n) is 21.2. The SMILES string of the molecule is CC(C)=CC[C@H]1O[C@]1(C)C1CCCC[C@]12CO2.O=C(O)N1CCN(CC2CCCCC2)CC1.[HH]. The molecule has 5 rings (SSSR count). The van der Waals surface area contributed by atoms with Gasteiger partial charge in [-0.1, -0.05) is 43.8 Å². The van der Waals surface area contributed by atoms with Gasteiger partial charge in [0.25, 0.3) is 0 Å². The first kappa shape index (κ1) is 25.0. The van der Waals surface area contributed by atoms with Gasteiger partial charge in [-0.3, -0.25) is 4.90 Å². The third kappa shape index (κ3) is 6.32. The number of carbonyl (C=O) groups is 1. The van der Waals surface area contributed by atoms with Crippen LogP contribution in [0.1, 0.15) is 86.4 Å². The van der Waals surface area contributed by atoms with E-state index in [2.05, 4.69) is 31.7 Å². The van der Waals surface area contributed by atoms with Crippen molar-refractivity contribution in [2.24, 2.45) is 11.8 Å². The van der Waals surface area contributed by atoms with E-state index in [-0.39, 0.29) is 12.6 Å². The number of hydrogen-bond acceptors (Lipinski definition) is 4. The molecule has 2 aliphatic carbocycles. The van der Waals surface area contributed by atoms with E-state index in [9.17, 15) is 4.79 Å². The van der Waals surface area contributed by atoms with Gasteiger partial charge in [0.15, 0.2) is 0 Å². The molecule has 5 aliphatic rings. The van der Waals surface area contributed by atoms with Gasteiger partial charge in [0.05, 0.1) is 23.9 Å². The van der Waals surface area contributed by atoms with Crippen molar-refractivity contribution in [2.45, 2.75) is 102 Å². The van der Waals surface area contributed by atoms with Crippen molar-refractivity contribution in [1.29, 1.82) is 0 Å². The van der Waals surface area contributed by atoms with Crippen LogP contribution in [-0.4, -0.2) is 77.6 Å². The molecule has 2 saturated carbocycles. The lowest BCUT2D eigenvalue weighted by Crippen LogP contribution is -2.49. The van der Waals surface area contributed by atoms with Gasteiger partial charge in [0.1, 0.15) is 0 Å². The van der Waals surface area contributed by atoms with Crippen LogP contribution in [0.25, 0.3) is 0 Å². The highest BCUT2D eigenvalue weighted by atomic mass is 16.6. The maximum atomic E-state index is 10.8. The molecule has 190 valence electrons. The zero-order valence-corrected chi connectivity index (χ0v) is 21.2. The molecule has 1 spiro atoms. The van der Waals surface area contributed by atoms with Crippen molar-refractivity contribution in [3.8, 4) is 0 Å². The number of rotatable bonds is 5. The minimum Gasteiger partial charge on any atom is -0.465 e. The second kappa shape index (κ2) is 10.7. The number of hydrogen-bond donors (Lipinski definition) is 1. The number of epoxide rings is 2. The molecule has 3 aliphatic heterocycles. The van der Waals surface area contributed by atoms with Crippen LogP contribution in [0.2, 0.25) is 0 Å². The van der Waals surface area contributed by atoms with Gasteiger partial charge >= 0.3 is 6.09 Å². The lowest BCUT2D eigenvalue weighted by atomic mass is 9.71. The van der Waals surface area contributed by atoms with Crippen molar-refractivity contribution < 1.29 is 20.8 Å². The van der Waals surface area contributed by atoms with E-state index < -0.39 is 6.09 Å². The fourth-order valence-electron chi connectivity index (χ4n) is 6.52. The second-order valence-electron chi connectivity index (χ2n) is 11.5. The number of allylic oxidation sites excluding steroid dienone is 1. The highest BCUT2D eigenvalue weighted by Gasteiger charge is 2.67. The standard InChI is InChI=1S/C15H24O2.C12H22N2O2.H2/c1-11(2)7-8-13-14(3,17-13)12-6-4-5-9-15(12)10-16-15;15-12(16)14-8-6-13(7-9-14)10-11-4-2-1-3-5-11;/h7,12-13H,4-6,8-10H2,1-3H3;11H,1-10H2,(H,15,16);1H/t12?,13-,14-,15+;;/m1../s1. The Labute approximate surface area is 202 Å². The van der Waals surface area contributed by atoms with Gasteiger partial charge in [0, 0.05) is 40.1 Å². The molecule has 5 fully saturated rings. The van der Waals surface area contributed by atoms with Crippen molar-refractivity contribution >= 4 is 6.09 Å². The average Bonchev–Trinajstić information content (AvgIpc) is 3.72. The Morgan fingerprint density at radius 1 is 1.06 bits per heavy atom. The van der Waals surface area contributed by atoms with E-state index >= 15 is 0 Å². The summed E-state index contributed by atoms with van der Waals surface area (Å²) in [5.41, 5.74) is 1.71. The summed E-state index contributed by atoms with van der Waals surface area (Å²) in [7, 11) is 0. The van der Waals surface area contributed by atoms with Gasteiger partial charge in [0.2, 0.25) is 0 Å². The Morgan fingerprint density at radius 2 is 1.73 bits per heavy atom. The van der Waals surface area contributed by atoms with Crippen LogP contribution in [0.3, 0.4) is 0 Å². The Kier molecular flexibility index (Phi) is 8.07. The third-order valence-corrected chi connectivity index (χ3v) is 8.79. The van der Waals surface area contributed by atoms with E-state index in [0.717, 1.165) is 32.0 Å². The molecule has 1 N–H and O–H groups in total. The smallest absolute Gasteiger partial charge is 0.407 e. The Bertz CT molecular complexity index is 695. The van der Waals surface area contributed by atoms with Gasteiger partial charge in [-0.15, -0.1) is 0 Å². The Balaban J connectivity index is 0.000000186. The number of amides is 1. The fourth-order valence-corrected chi connectivity index (χ4v) is 6.52. The summed E-state index contributed by atoms with van der Waals surface area (Å²) < 4.78 is 11.8. The van der Waals surface area contributed by atoms with Crippen LogP contribution in [-0.2, 0) is 9.47 Å². The minimum atomic E-state index is -0.766. The summed E-state index contributed by atoms with van der Waals surface area (Å²) in [6, 6.07) is 0. The maximum absolute atomic E-state index is 10.8. The molecule has 0 aromatic carbocycles. The molecule has 3 saturated heterocycles. The molecule has 6 heteroatoms. The lowest BCUT2D eigenvalue weighted by molar-refractivity contribution is 0.0885. The molecular weight excluding hydrogens is 416 g/mol. The van der Waals surface area contributed by atoms with Crippen LogP contribution < -0.4 is 0 Å². The summed E-state index contributed by atoms with van der Waals surface area (Å²) in [6.45, 7) is 12.0. The van der Waals surface area contributed by atoms with E-state index in [0.29, 0.717) is 25.1 Å². The van der Waals surface area contributed by atoms with E-state index in [1.54, 1.807) is 0 Å². The Hall–Kier alpha value is -1.11. The van der Waals surface area contributed by atoms with Gasteiger partial charge in [-0.05, 0) is 58.8 Å². The molecule has 0 radical (unpaired) electrons. The Morgan fingerprint density at radius 3 is 2.33 bits per heavy atom. The van der Waals surface area contributed by atoms with E-state index in [1.165, 1.54) is 74.8 Å². The third-order valence-electron chi connectivity index (χ3n) is 8.79. The minimum absolute atomic E-state index is 0. The van der Waals surface area contributed by atoms with E-state index in [4.69, 9.17) is 14.6 Å². The predicted octanol–water partition coefficient (Wildman–Crippen LogP) is 5.57. The van der Waals surface area contributed by atoms with Crippen LogP contribution in [0.5, 0.6) is 0 Å². The van der Waals surface area contributed by atoms with Crippen LogP contribution in [0.15, 0.2) is 11.6 Å². The molecule has 3 heterocycles. The van der Waals surface area contributed by atoms with Gasteiger partial charge < -0.3 is 19.5 Å². The molecule has 0 aromatic heterocycles. The summed E-state index contributed by atoms with van der Waals surface area (Å²) in [6.07, 6.45) is 15.2. The molecule has 1 amide bonds. The van der Waals surface area contributed by atoms with Crippen molar-refractivity contribution in [3.63, 3.8) is 0 Å². The van der Waals surface area contributed by atoms with Crippen LogP contribution in [0.4, 0.5) is 4.79 Å². The predicted molar refractivity (Wildman–Crippen MR) is 133 cm³/mol. The molecule has 33 heavy (non-hydrogen) atoms. The zero-order chi connectivity index (χ0) is 23.5. The average molecular weight is 465 g/mol. The normalized spacial score (nSPS) is 36.6. The summed E-state index contributed by atoms with van der Waals surface area (Å²) in [5.74, 6) is 1.50. The molecular formula is C27H48N2O4. The fraction of sp³-hybridized carbons (Fsp3) is 0.889. The van der Waals surface area contributed by atoms with E-state index in [1.807, 2.05) is 0 Å². The largest absolute Gasteiger partial charge is 0.465 e. The van der Waals surface area contributed by atoms with Crippen molar-refractivity contribution in [2.75, 3.05) is 39.3 Å². The number of piperazine rings is 1.